The molecule has 0 aliphatic rings. The molecule has 1 aromatic carbocycles. The molecule has 0 aliphatic carbocycles. The SMILES string of the molecule is Cc1cnc(NC(C)(CO)c2ccccc2)c([N+](=O)[O-])c1. The Morgan fingerprint density at radius 1 is 1.38 bits per heavy atom. The Kier molecular flexibility index (Phi) is 4.18. The van der Waals surface area contributed by atoms with E-state index in [1.165, 1.54) is 6.07 Å². The number of aryl methyl sites for hydroxylation is 1. The average molecular weight is 287 g/mol. The van der Waals surface area contributed by atoms with E-state index in [2.05, 4.69) is 10.3 Å². The van der Waals surface area contributed by atoms with Crippen LogP contribution in [0.2, 0.25) is 0 Å². The number of nitro groups is 1. The molecule has 0 amide bonds. The molecule has 21 heavy (non-hydrogen) atoms. The van der Waals surface area contributed by atoms with Gasteiger partial charge in [0.1, 0.15) is 0 Å². The molecule has 1 aromatic heterocycles. The summed E-state index contributed by atoms with van der Waals surface area (Å²) in [5.74, 6) is 0.144. The van der Waals surface area contributed by atoms with Gasteiger partial charge < -0.3 is 10.4 Å². The molecule has 0 spiro atoms. The van der Waals surface area contributed by atoms with Gasteiger partial charge in [-0.05, 0) is 25.0 Å². The molecule has 2 aromatic rings. The van der Waals surface area contributed by atoms with Crippen molar-refractivity contribution < 1.29 is 10.0 Å². The molecule has 0 saturated heterocycles. The summed E-state index contributed by atoms with van der Waals surface area (Å²) >= 11 is 0. The number of nitrogens with zero attached hydrogens (tertiary/aromatic N) is 2. The maximum atomic E-state index is 11.1. The summed E-state index contributed by atoms with van der Waals surface area (Å²) in [5.41, 5.74) is 0.571. The molecular formula is C15H17N3O3. The number of hydrogen-bond donors (Lipinski definition) is 2. The molecule has 1 heterocycles. The maximum Gasteiger partial charge on any atom is 0.311 e. The van der Waals surface area contributed by atoms with Gasteiger partial charge in [-0.1, -0.05) is 30.3 Å². The highest BCUT2D eigenvalue weighted by atomic mass is 16.6. The lowest BCUT2D eigenvalue weighted by atomic mass is 9.93. The summed E-state index contributed by atoms with van der Waals surface area (Å²) in [6.07, 6.45) is 1.55. The van der Waals surface area contributed by atoms with Crippen LogP contribution in [-0.4, -0.2) is 21.6 Å². The Balaban J connectivity index is 2.42. The topological polar surface area (TPSA) is 88.3 Å². The summed E-state index contributed by atoms with van der Waals surface area (Å²) in [6, 6.07) is 10.7. The molecular weight excluding hydrogens is 270 g/mol. The lowest BCUT2D eigenvalue weighted by Crippen LogP contribution is -2.36. The summed E-state index contributed by atoms with van der Waals surface area (Å²) < 4.78 is 0. The van der Waals surface area contributed by atoms with Crippen molar-refractivity contribution in [3.8, 4) is 0 Å². The van der Waals surface area contributed by atoms with Crippen LogP contribution < -0.4 is 5.32 Å². The largest absolute Gasteiger partial charge is 0.394 e. The van der Waals surface area contributed by atoms with E-state index in [9.17, 15) is 15.2 Å². The van der Waals surface area contributed by atoms with Crippen LogP contribution in [0.3, 0.4) is 0 Å². The van der Waals surface area contributed by atoms with Crippen LogP contribution in [0.25, 0.3) is 0 Å². The number of aromatic nitrogens is 1. The number of aliphatic hydroxyl groups excluding tert-OH is 1. The zero-order valence-corrected chi connectivity index (χ0v) is 11.9. The van der Waals surface area contributed by atoms with Gasteiger partial charge in [0.25, 0.3) is 0 Å². The van der Waals surface area contributed by atoms with E-state index < -0.39 is 10.5 Å². The van der Waals surface area contributed by atoms with Gasteiger partial charge in [-0.25, -0.2) is 4.98 Å². The van der Waals surface area contributed by atoms with Gasteiger partial charge in [-0.3, -0.25) is 10.1 Å². The van der Waals surface area contributed by atoms with Crippen LogP contribution >= 0.6 is 0 Å². The average Bonchev–Trinajstić information content (AvgIpc) is 2.49. The standard InChI is InChI=1S/C15H17N3O3/c1-11-8-13(18(20)21)14(16-9-11)17-15(2,10-19)12-6-4-3-5-7-12/h3-9,19H,10H2,1-2H3,(H,16,17). The zero-order chi connectivity index (χ0) is 15.5. The normalized spacial score (nSPS) is 13.5. The van der Waals surface area contributed by atoms with Crippen LogP contribution in [-0.2, 0) is 5.54 Å². The minimum absolute atomic E-state index is 0.106. The van der Waals surface area contributed by atoms with Crippen molar-refractivity contribution in [1.82, 2.24) is 4.98 Å². The van der Waals surface area contributed by atoms with Crippen LogP contribution in [0.5, 0.6) is 0 Å². The molecule has 1 unspecified atom stereocenters. The molecule has 6 nitrogen and oxygen atoms in total. The number of nitrogens with one attached hydrogen (secondary N) is 1. The van der Waals surface area contributed by atoms with Gasteiger partial charge in [-0.15, -0.1) is 0 Å². The van der Waals surface area contributed by atoms with Crippen molar-refractivity contribution in [2.45, 2.75) is 19.4 Å². The molecule has 2 N–H and O–H groups in total. The third-order valence-electron chi connectivity index (χ3n) is 3.32. The first-order chi connectivity index (χ1) is 9.96. The molecule has 1 atom stereocenters. The van der Waals surface area contributed by atoms with E-state index in [0.717, 1.165) is 5.56 Å². The van der Waals surface area contributed by atoms with E-state index in [4.69, 9.17) is 0 Å². The summed E-state index contributed by atoms with van der Waals surface area (Å²) in [7, 11) is 0. The van der Waals surface area contributed by atoms with Crippen molar-refractivity contribution in [1.29, 1.82) is 0 Å². The van der Waals surface area contributed by atoms with Gasteiger partial charge in [0, 0.05) is 12.3 Å². The van der Waals surface area contributed by atoms with E-state index in [0.29, 0.717) is 5.56 Å². The highest BCUT2D eigenvalue weighted by molar-refractivity contribution is 5.58. The van der Waals surface area contributed by atoms with Crippen molar-refractivity contribution in [2.75, 3.05) is 11.9 Å². The van der Waals surface area contributed by atoms with Gasteiger partial charge in [-0.2, -0.15) is 0 Å². The Labute approximate surface area is 122 Å². The highest BCUT2D eigenvalue weighted by Gasteiger charge is 2.29. The van der Waals surface area contributed by atoms with E-state index in [1.54, 1.807) is 20.0 Å². The summed E-state index contributed by atoms with van der Waals surface area (Å²) in [6.45, 7) is 3.30. The second kappa shape index (κ2) is 5.88. The fourth-order valence-electron chi connectivity index (χ4n) is 2.06. The zero-order valence-electron chi connectivity index (χ0n) is 11.9. The number of rotatable bonds is 5. The van der Waals surface area contributed by atoms with Crippen molar-refractivity contribution >= 4 is 11.5 Å². The van der Waals surface area contributed by atoms with E-state index in [-0.39, 0.29) is 18.1 Å². The first-order valence-corrected chi connectivity index (χ1v) is 6.52. The fraction of sp³-hybridized carbons (Fsp3) is 0.267. The summed E-state index contributed by atoms with van der Waals surface area (Å²) in [4.78, 5) is 14.8. The molecule has 6 heteroatoms. The predicted octanol–water partition coefficient (Wildman–Crippen LogP) is 2.62. The highest BCUT2D eigenvalue weighted by Crippen LogP contribution is 2.30. The third kappa shape index (κ3) is 3.17. The second-order valence-corrected chi connectivity index (χ2v) is 5.12. The number of pyridine rings is 1. The van der Waals surface area contributed by atoms with Crippen LogP contribution in [0, 0.1) is 17.0 Å². The van der Waals surface area contributed by atoms with Crippen LogP contribution in [0.1, 0.15) is 18.1 Å². The monoisotopic (exact) mass is 287 g/mol. The first kappa shape index (κ1) is 14.9. The molecule has 0 radical (unpaired) electrons. The Bertz CT molecular complexity index is 646. The fourth-order valence-corrected chi connectivity index (χ4v) is 2.06. The Morgan fingerprint density at radius 3 is 2.62 bits per heavy atom. The molecule has 0 aliphatic heterocycles. The number of hydrogen-bond acceptors (Lipinski definition) is 5. The van der Waals surface area contributed by atoms with Gasteiger partial charge in [0.15, 0.2) is 0 Å². The first-order valence-electron chi connectivity index (χ1n) is 6.52. The number of aliphatic hydroxyl groups is 1. The van der Waals surface area contributed by atoms with Gasteiger partial charge >= 0.3 is 5.69 Å². The Morgan fingerprint density at radius 2 is 2.05 bits per heavy atom. The number of benzene rings is 1. The van der Waals surface area contributed by atoms with Crippen molar-refractivity contribution in [2.24, 2.45) is 0 Å². The second-order valence-electron chi connectivity index (χ2n) is 5.12. The van der Waals surface area contributed by atoms with E-state index >= 15 is 0 Å². The number of anilines is 1. The summed E-state index contributed by atoms with van der Waals surface area (Å²) in [5, 5.41) is 23.9. The van der Waals surface area contributed by atoms with E-state index in [1.807, 2.05) is 30.3 Å². The lowest BCUT2D eigenvalue weighted by Gasteiger charge is -2.29. The minimum Gasteiger partial charge on any atom is -0.394 e. The van der Waals surface area contributed by atoms with Crippen LogP contribution in [0.4, 0.5) is 11.5 Å². The molecule has 0 fully saturated rings. The predicted molar refractivity (Wildman–Crippen MR) is 80.1 cm³/mol. The molecule has 110 valence electrons. The maximum absolute atomic E-state index is 11.1. The van der Waals surface area contributed by atoms with Crippen molar-refractivity contribution in [3.63, 3.8) is 0 Å². The molecule has 2 rings (SSSR count). The smallest absolute Gasteiger partial charge is 0.311 e. The molecule has 0 bridgehead atoms. The molecule has 0 saturated carbocycles. The van der Waals surface area contributed by atoms with Gasteiger partial charge in [0.2, 0.25) is 5.82 Å². The van der Waals surface area contributed by atoms with Crippen molar-refractivity contribution in [3.05, 3.63) is 63.8 Å². The van der Waals surface area contributed by atoms with Gasteiger partial charge in [0.05, 0.1) is 17.1 Å². The third-order valence-corrected chi connectivity index (χ3v) is 3.32. The quantitative estimate of drug-likeness (QED) is 0.652. The van der Waals surface area contributed by atoms with Crippen LogP contribution in [0.15, 0.2) is 42.6 Å². The Hall–Kier alpha value is -2.47. The lowest BCUT2D eigenvalue weighted by molar-refractivity contribution is -0.384. The minimum atomic E-state index is -0.853.